The minimum absolute atomic E-state index is 0. The van der Waals surface area contributed by atoms with Crippen LogP contribution in [0.25, 0.3) is 34.2 Å². The summed E-state index contributed by atoms with van der Waals surface area (Å²) in [6.45, 7) is 8.37. The third-order valence-corrected chi connectivity index (χ3v) is 7.43. The van der Waals surface area contributed by atoms with E-state index in [1.165, 1.54) is 22.3 Å². The molecule has 0 amide bonds. The van der Waals surface area contributed by atoms with Crippen LogP contribution in [-0.2, 0) is 16.8 Å². The number of aromatic nitrogens is 2. The van der Waals surface area contributed by atoms with Gasteiger partial charge in [0.1, 0.15) is 0 Å². The summed E-state index contributed by atoms with van der Waals surface area (Å²) in [5, 5.41) is 9.89. The van der Waals surface area contributed by atoms with Crippen molar-refractivity contribution in [2.24, 2.45) is 0 Å². The molecule has 4 aromatic carbocycles. The quantitative estimate of drug-likeness (QED) is 0.164. The summed E-state index contributed by atoms with van der Waals surface area (Å²) in [6, 6.07) is 44.7. The average Bonchev–Trinajstić information content (AvgIpc) is 3.09. The SMILES string of the molecule is Cc1cccc(C)c1[N-]/C(=C\c1ccccn1)c1ccccc1.Cc1cccc(C)c1[N-]/C(=C\c1ccccn1)c1ccccc1.[Co+2]. The Balaban J connectivity index is 0.000000208. The van der Waals surface area contributed by atoms with Gasteiger partial charge in [0.15, 0.2) is 0 Å². The first kappa shape index (κ1) is 34.6. The maximum atomic E-state index is 4.94. The Labute approximate surface area is 289 Å². The molecule has 0 fully saturated rings. The van der Waals surface area contributed by atoms with Crippen LogP contribution in [0.4, 0.5) is 11.4 Å². The number of benzene rings is 4. The Hall–Kier alpha value is -5.23. The van der Waals surface area contributed by atoms with Gasteiger partial charge in [0.25, 0.3) is 0 Å². The molecule has 0 atom stereocenters. The van der Waals surface area contributed by atoms with E-state index in [9.17, 15) is 0 Å². The van der Waals surface area contributed by atoms with E-state index in [4.69, 9.17) is 10.6 Å². The molecule has 0 aliphatic carbocycles. The zero-order valence-corrected chi connectivity index (χ0v) is 28.2. The zero-order valence-electron chi connectivity index (χ0n) is 27.1. The molecular formula is C42H38CoN4. The van der Waals surface area contributed by atoms with E-state index in [0.717, 1.165) is 45.3 Å². The topological polar surface area (TPSA) is 54.0 Å². The first-order valence-electron chi connectivity index (χ1n) is 15.4. The van der Waals surface area contributed by atoms with E-state index < -0.39 is 0 Å². The molecule has 5 heteroatoms. The van der Waals surface area contributed by atoms with Crippen molar-refractivity contribution in [1.29, 1.82) is 0 Å². The van der Waals surface area contributed by atoms with Gasteiger partial charge in [0, 0.05) is 12.4 Å². The van der Waals surface area contributed by atoms with Gasteiger partial charge < -0.3 is 10.6 Å². The summed E-state index contributed by atoms with van der Waals surface area (Å²) >= 11 is 0. The van der Waals surface area contributed by atoms with Gasteiger partial charge in [0.05, 0.1) is 11.4 Å². The van der Waals surface area contributed by atoms with Crippen molar-refractivity contribution < 1.29 is 16.8 Å². The number of rotatable bonds is 8. The maximum Gasteiger partial charge on any atom is 2.00 e. The number of para-hydroxylation sites is 2. The zero-order chi connectivity index (χ0) is 32.1. The van der Waals surface area contributed by atoms with E-state index in [2.05, 4.69) is 98.3 Å². The molecule has 0 saturated heterocycles. The van der Waals surface area contributed by atoms with Crippen LogP contribution in [0.3, 0.4) is 0 Å². The van der Waals surface area contributed by atoms with E-state index in [0.29, 0.717) is 0 Å². The van der Waals surface area contributed by atoms with Gasteiger partial charge in [-0.05, 0) is 63.1 Å². The Bertz CT molecular complexity index is 1720. The molecule has 0 spiro atoms. The molecule has 6 aromatic rings. The summed E-state index contributed by atoms with van der Waals surface area (Å²) in [5.74, 6) is 0. The summed E-state index contributed by atoms with van der Waals surface area (Å²) in [6.07, 6.45) is 7.66. The van der Waals surface area contributed by atoms with Crippen LogP contribution in [0.15, 0.2) is 146 Å². The van der Waals surface area contributed by atoms with Crippen molar-refractivity contribution in [2.45, 2.75) is 27.7 Å². The van der Waals surface area contributed by atoms with Crippen LogP contribution in [0, 0.1) is 27.7 Å². The molecular weight excluding hydrogens is 619 g/mol. The van der Waals surface area contributed by atoms with Crippen LogP contribution in [-0.4, -0.2) is 9.97 Å². The molecule has 235 valence electrons. The predicted octanol–water partition coefficient (Wildman–Crippen LogP) is 11.8. The van der Waals surface area contributed by atoms with Gasteiger partial charge in [-0.2, -0.15) is 0 Å². The molecule has 0 unspecified atom stereocenters. The van der Waals surface area contributed by atoms with Crippen LogP contribution in [0.1, 0.15) is 44.8 Å². The largest absolute Gasteiger partial charge is 2.00 e. The molecule has 2 heterocycles. The molecule has 2 aromatic heterocycles. The van der Waals surface area contributed by atoms with Crippen LogP contribution >= 0.6 is 0 Å². The molecule has 0 aliphatic rings. The number of hydrogen-bond donors (Lipinski definition) is 0. The third-order valence-electron chi connectivity index (χ3n) is 7.43. The maximum absolute atomic E-state index is 4.94. The summed E-state index contributed by atoms with van der Waals surface area (Å²) in [4.78, 5) is 8.79. The van der Waals surface area contributed by atoms with Crippen molar-refractivity contribution in [3.05, 3.63) is 201 Å². The van der Waals surface area contributed by atoms with Crippen molar-refractivity contribution in [3.63, 3.8) is 0 Å². The van der Waals surface area contributed by atoms with E-state index in [-0.39, 0.29) is 16.8 Å². The summed E-state index contributed by atoms with van der Waals surface area (Å²) in [5.41, 5.74) is 12.6. The van der Waals surface area contributed by atoms with Gasteiger partial charge in [-0.25, -0.2) is 0 Å². The monoisotopic (exact) mass is 657 g/mol. The number of hydrogen-bond acceptors (Lipinski definition) is 2. The van der Waals surface area contributed by atoms with E-state index in [1.807, 2.05) is 84.9 Å². The van der Waals surface area contributed by atoms with Gasteiger partial charge in [-0.3, -0.25) is 9.97 Å². The van der Waals surface area contributed by atoms with Crippen molar-refractivity contribution >= 4 is 34.9 Å². The minimum atomic E-state index is 0. The number of nitrogens with zero attached hydrogens (tertiary/aromatic N) is 4. The standard InChI is InChI=1S/2C21H19N2.Co/c2*1-16-9-8-10-17(2)21(16)23-20(18-11-4-3-5-12-18)15-19-13-6-7-14-22-19;/h2*3-15H,1-2H3;/q2*-1;+2/b2*20-15-;. The normalized spacial score (nSPS) is 11.1. The predicted molar refractivity (Wildman–Crippen MR) is 195 cm³/mol. The second-order valence-electron chi connectivity index (χ2n) is 11.0. The van der Waals surface area contributed by atoms with Gasteiger partial charge >= 0.3 is 16.8 Å². The second-order valence-corrected chi connectivity index (χ2v) is 11.0. The Morgan fingerprint density at radius 2 is 0.766 bits per heavy atom. The fourth-order valence-corrected chi connectivity index (χ4v) is 4.99. The minimum Gasteiger partial charge on any atom is -0.657 e. The van der Waals surface area contributed by atoms with Crippen LogP contribution in [0.2, 0.25) is 0 Å². The average molecular weight is 658 g/mol. The Morgan fingerprint density at radius 3 is 1.09 bits per heavy atom. The molecule has 0 N–H and O–H groups in total. The van der Waals surface area contributed by atoms with Crippen molar-refractivity contribution in [1.82, 2.24) is 9.97 Å². The third kappa shape index (κ3) is 9.87. The van der Waals surface area contributed by atoms with E-state index in [1.54, 1.807) is 12.4 Å². The van der Waals surface area contributed by atoms with Crippen molar-refractivity contribution in [3.8, 4) is 0 Å². The van der Waals surface area contributed by atoms with Gasteiger partial charge in [-0.1, -0.05) is 144 Å². The Morgan fingerprint density at radius 1 is 0.426 bits per heavy atom. The summed E-state index contributed by atoms with van der Waals surface area (Å²) < 4.78 is 0. The fourth-order valence-electron chi connectivity index (χ4n) is 4.99. The fraction of sp³-hybridized carbons (Fsp3) is 0.0952. The summed E-state index contributed by atoms with van der Waals surface area (Å²) in [7, 11) is 0. The number of pyridine rings is 2. The molecule has 1 radical (unpaired) electrons. The molecule has 0 aliphatic heterocycles. The van der Waals surface area contributed by atoms with Crippen LogP contribution in [0.5, 0.6) is 0 Å². The molecule has 4 nitrogen and oxygen atoms in total. The number of aryl methyl sites for hydroxylation is 4. The first-order valence-corrected chi connectivity index (χ1v) is 15.4. The Kier molecular flexibility index (Phi) is 12.9. The van der Waals surface area contributed by atoms with Crippen molar-refractivity contribution in [2.75, 3.05) is 0 Å². The van der Waals surface area contributed by atoms with Gasteiger partial charge in [-0.15, -0.1) is 22.8 Å². The van der Waals surface area contributed by atoms with Crippen LogP contribution < -0.4 is 0 Å². The smallest absolute Gasteiger partial charge is 0.657 e. The van der Waals surface area contributed by atoms with Gasteiger partial charge in [0.2, 0.25) is 0 Å². The second kappa shape index (κ2) is 17.5. The molecule has 6 rings (SSSR count). The first-order chi connectivity index (χ1) is 22.5. The molecule has 0 saturated carbocycles. The van der Waals surface area contributed by atoms with E-state index >= 15 is 0 Å². The molecule has 47 heavy (non-hydrogen) atoms. The molecule has 0 bridgehead atoms.